The second kappa shape index (κ2) is 5.69. The first-order valence-electron chi connectivity index (χ1n) is 6.42. The Morgan fingerprint density at radius 1 is 1.20 bits per heavy atom. The molecule has 0 fully saturated rings. The van der Waals surface area contributed by atoms with E-state index < -0.39 is 4.92 Å². The van der Waals surface area contributed by atoms with Crippen molar-refractivity contribution in [3.05, 3.63) is 63.3 Å². The van der Waals surface area contributed by atoms with Crippen LogP contribution in [-0.2, 0) is 0 Å². The number of pyridine rings is 1. The highest BCUT2D eigenvalue weighted by Gasteiger charge is 2.20. The van der Waals surface area contributed by atoms with Crippen molar-refractivity contribution in [3.63, 3.8) is 0 Å². The molecule has 0 radical (unpaired) electrons. The Bertz CT molecular complexity index is 641. The molecule has 0 aliphatic carbocycles. The highest BCUT2D eigenvalue weighted by molar-refractivity contribution is 5.60. The summed E-state index contributed by atoms with van der Waals surface area (Å²) in [6.45, 7) is 5.70. The maximum atomic E-state index is 11.2. The van der Waals surface area contributed by atoms with Crippen molar-refractivity contribution < 1.29 is 4.92 Å². The second-order valence-electron chi connectivity index (χ2n) is 4.80. The Kier molecular flexibility index (Phi) is 3.98. The van der Waals surface area contributed by atoms with Gasteiger partial charge in [-0.05, 0) is 38.0 Å². The molecule has 1 aromatic carbocycles. The summed E-state index contributed by atoms with van der Waals surface area (Å²) in [5.41, 5.74) is 2.88. The molecule has 0 aliphatic rings. The molecule has 0 amide bonds. The Morgan fingerprint density at radius 3 is 2.55 bits per heavy atom. The van der Waals surface area contributed by atoms with Gasteiger partial charge in [-0.1, -0.05) is 24.3 Å². The van der Waals surface area contributed by atoms with Gasteiger partial charge in [0.2, 0.25) is 5.82 Å². The number of hydrogen-bond donors (Lipinski definition) is 1. The number of aromatic nitrogens is 1. The van der Waals surface area contributed by atoms with Crippen LogP contribution < -0.4 is 5.32 Å². The van der Waals surface area contributed by atoms with Crippen molar-refractivity contribution in [1.29, 1.82) is 0 Å². The first-order valence-corrected chi connectivity index (χ1v) is 6.42. The van der Waals surface area contributed by atoms with Crippen molar-refractivity contribution >= 4 is 11.5 Å². The lowest BCUT2D eigenvalue weighted by Gasteiger charge is -2.17. The number of benzene rings is 1. The number of nitrogens with one attached hydrogen (secondary N) is 1. The number of aryl methyl sites for hydroxylation is 2. The third kappa shape index (κ3) is 2.77. The molecular weight excluding hydrogens is 254 g/mol. The van der Waals surface area contributed by atoms with Crippen LogP contribution in [0.4, 0.5) is 11.5 Å². The van der Waals surface area contributed by atoms with Crippen LogP contribution in [-0.4, -0.2) is 9.91 Å². The molecule has 0 bridgehead atoms. The maximum absolute atomic E-state index is 11.2. The summed E-state index contributed by atoms with van der Waals surface area (Å²) in [5, 5.41) is 14.3. The fourth-order valence-electron chi connectivity index (χ4n) is 2.24. The van der Waals surface area contributed by atoms with E-state index in [2.05, 4.69) is 10.3 Å². The van der Waals surface area contributed by atoms with Gasteiger partial charge in [0.15, 0.2) is 0 Å². The van der Waals surface area contributed by atoms with Crippen molar-refractivity contribution in [2.75, 3.05) is 5.32 Å². The molecule has 2 aromatic rings. The zero-order valence-electron chi connectivity index (χ0n) is 11.8. The monoisotopic (exact) mass is 271 g/mol. The van der Waals surface area contributed by atoms with Gasteiger partial charge in [-0.25, -0.2) is 4.98 Å². The molecule has 0 saturated heterocycles. The highest BCUT2D eigenvalue weighted by Crippen LogP contribution is 2.29. The van der Waals surface area contributed by atoms with E-state index in [-0.39, 0.29) is 11.7 Å². The zero-order chi connectivity index (χ0) is 14.7. The molecular formula is C15H17N3O2. The molecule has 1 unspecified atom stereocenters. The van der Waals surface area contributed by atoms with Gasteiger partial charge >= 0.3 is 5.69 Å². The average Bonchev–Trinajstić information content (AvgIpc) is 2.38. The summed E-state index contributed by atoms with van der Waals surface area (Å²) in [6.07, 6.45) is 1.58. The molecule has 5 heteroatoms. The summed E-state index contributed by atoms with van der Waals surface area (Å²) in [5.74, 6) is 0.311. The van der Waals surface area contributed by atoms with Crippen molar-refractivity contribution in [1.82, 2.24) is 4.98 Å². The summed E-state index contributed by atoms with van der Waals surface area (Å²) in [4.78, 5) is 14.9. The predicted octanol–water partition coefficient (Wildman–Crippen LogP) is 3.78. The fourth-order valence-corrected chi connectivity index (χ4v) is 2.24. The summed E-state index contributed by atoms with van der Waals surface area (Å²) in [6, 6.07) is 9.55. The maximum Gasteiger partial charge on any atom is 0.314 e. The Labute approximate surface area is 117 Å². The van der Waals surface area contributed by atoms with E-state index in [4.69, 9.17) is 0 Å². The number of nitrogens with zero attached hydrogens (tertiary/aromatic N) is 2. The van der Waals surface area contributed by atoms with E-state index in [1.807, 2.05) is 38.1 Å². The van der Waals surface area contributed by atoms with Crippen LogP contribution in [0.2, 0.25) is 0 Å². The van der Waals surface area contributed by atoms with Crippen LogP contribution in [0.5, 0.6) is 0 Å². The van der Waals surface area contributed by atoms with E-state index >= 15 is 0 Å². The number of rotatable bonds is 4. The van der Waals surface area contributed by atoms with Crippen LogP contribution in [0.3, 0.4) is 0 Å². The SMILES string of the molecule is Cc1ccccc1C(C)Nc1nccc(C)c1[N+](=O)[O-]. The Morgan fingerprint density at radius 2 is 1.90 bits per heavy atom. The fraction of sp³-hybridized carbons (Fsp3) is 0.267. The zero-order valence-corrected chi connectivity index (χ0v) is 11.8. The highest BCUT2D eigenvalue weighted by atomic mass is 16.6. The molecule has 0 spiro atoms. The lowest BCUT2D eigenvalue weighted by atomic mass is 10.0. The Balaban J connectivity index is 2.33. The van der Waals surface area contributed by atoms with Crippen molar-refractivity contribution in [2.24, 2.45) is 0 Å². The van der Waals surface area contributed by atoms with Gasteiger partial charge in [0.05, 0.1) is 11.0 Å². The number of hydrogen-bond acceptors (Lipinski definition) is 4. The normalized spacial score (nSPS) is 11.9. The van der Waals surface area contributed by atoms with E-state index in [0.717, 1.165) is 11.1 Å². The average molecular weight is 271 g/mol. The lowest BCUT2D eigenvalue weighted by molar-refractivity contribution is -0.384. The van der Waals surface area contributed by atoms with E-state index in [1.165, 1.54) is 0 Å². The molecule has 5 nitrogen and oxygen atoms in total. The van der Waals surface area contributed by atoms with Gasteiger partial charge in [-0.3, -0.25) is 10.1 Å². The second-order valence-corrected chi connectivity index (χ2v) is 4.80. The molecule has 0 aliphatic heterocycles. The molecule has 0 saturated carbocycles. The largest absolute Gasteiger partial charge is 0.358 e. The van der Waals surface area contributed by atoms with Crippen LogP contribution in [0.25, 0.3) is 0 Å². The first-order chi connectivity index (χ1) is 9.50. The van der Waals surface area contributed by atoms with Crippen LogP contribution in [0.1, 0.15) is 29.7 Å². The van der Waals surface area contributed by atoms with Gasteiger partial charge in [0, 0.05) is 11.8 Å². The van der Waals surface area contributed by atoms with Gasteiger partial charge < -0.3 is 5.32 Å². The third-order valence-corrected chi connectivity index (χ3v) is 3.32. The number of anilines is 1. The minimum atomic E-state index is -0.394. The Hall–Kier alpha value is -2.43. The van der Waals surface area contributed by atoms with Crippen LogP contribution >= 0.6 is 0 Å². The summed E-state index contributed by atoms with van der Waals surface area (Å²) < 4.78 is 0. The lowest BCUT2D eigenvalue weighted by Crippen LogP contribution is -2.11. The smallest absolute Gasteiger partial charge is 0.314 e. The van der Waals surface area contributed by atoms with Crippen LogP contribution in [0.15, 0.2) is 36.5 Å². The van der Waals surface area contributed by atoms with E-state index in [0.29, 0.717) is 11.4 Å². The van der Waals surface area contributed by atoms with Crippen molar-refractivity contribution in [3.8, 4) is 0 Å². The van der Waals surface area contributed by atoms with Crippen LogP contribution in [0, 0.1) is 24.0 Å². The quantitative estimate of drug-likeness (QED) is 0.678. The molecule has 104 valence electrons. The minimum absolute atomic E-state index is 0.0351. The topological polar surface area (TPSA) is 68.1 Å². The third-order valence-electron chi connectivity index (χ3n) is 3.32. The van der Waals surface area contributed by atoms with E-state index in [1.54, 1.807) is 19.2 Å². The standard InChI is InChI=1S/C15H17N3O2/c1-10-6-4-5-7-13(10)12(3)17-15-14(18(19)20)11(2)8-9-16-15/h4-9,12H,1-3H3,(H,16,17). The minimum Gasteiger partial charge on any atom is -0.358 e. The molecule has 1 heterocycles. The van der Waals surface area contributed by atoms with Gasteiger partial charge in [0.1, 0.15) is 0 Å². The number of nitro groups is 1. The first kappa shape index (κ1) is 14.0. The molecule has 1 N–H and O–H groups in total. The predicted molar refractivity (Wildman–Crippen MR) is 78.8 cm³/mol. The molecule has 20 heavy (non-hydrogen) atoms. The van der Waals surface area contributed by atoms with Gasteiger partial charge in [0.25, 0.3) is 0 Å². The van der Waals surface area contributed by atoms with E-state index in [9.17, 15) is 10.1 Å². The molecule has 1 aromatic heterocycles. The van der Waals surface area contributed by atoms with Gasteiger partial charge in [-0.2, -0.15) is 0 Å². The van der Waals surface area contributed by atoms with Crippen molar-refractivity contribution in [2.45, 2.75) is 26.8 Å². The molecule has 2 rings (SSSR count). The summed E-state index contributed by atoms with van der Waals surface area (Å²) >= 11 is 0. The summed E-state index contributed by atoms with van der Waals surface area (Å²) in [7, 11) is 0. The molecule has 1 atom stereocenters. The van der Waals surface area contributed by atoms with Gasteiger partial charge in [-0.15, -0.1) is 0 Å².